The van der Waals surface area contributed by atoms with Gasteiger partial charge in [-0.25, -0.2) is 4.79 Å². The second-order valence-electron chi connectivity index (χ2n) is 12.5. The molecule has 1 saturated heterocycles. The Balaban J connectivity index is 1.98. The number of hydrogen-bond acceptors (Lipinski definition) is 5. The fourth-order valence-electron chi connectivity index (χ4n) is 5.84. The van der Waals surface area contributed by atoms with Crippen LogP contribution in [0.3, 0.4) is 0 Å². The monoisotopic (exact) mass is 535 g/mol. The van der Waals surface area contributed by atoms with E-state index in [1.807, 2.05) is 39.0 Å². The largest absolute Gasteiger partial charge is 0.444 e. The van der Waals surface area contributed by atoms with Gasteiger partial charge in [0.1, 0.15) is 5.60 Å². The molecule has 0 aliphatic carbocycles. The van der Waals surface area contributed by atoms with Crippen molar-refractivity contribution in [2.75, 3.05) is 13.2 Å². The van der Waals surface area contributed by atoms with Gasteiger partial charge in [-0.3, -0.25) is 0 Å². The number of benzene rings is 1. The van der Waals surface area contributed by atoms with E-state index >= 15 is 0 Å². The van der Waals surface area contributed by atoms with E-state index in [2.05, 4.69) is 59.0 Å². The summed E-state index contributed by atoms with van der Waals surface area (Å²) in [5, 5.41) is 2.87. The molecule has 1 amide bonds. The zero-order valence-electron chi connectivity index (χ0n) is 24.8. The van der Waals surface area contributed by atoms with Crippen LogP contribution in [-0.2, 0) is 25.2 Å². The molecular formula is C30H53NO5Si. The van der Waals surface area contributed by atoms with Gasteiger partial charge in [-0.05, 0) is 68.6 Å². The Kier molecular flexibility index (Phi) is 12.6. The highest BCUT2D eigenvalue weighted by atomic mass is 28.4. The van der Waals surface area contributed by atoms with Gasteiger partial charge in [-0.2, -0.15) is 0 Å². The molecule has 1 aliphatic rings. The van der Waals surface area contributed by atoms with E-state index in [1.165, 1.54) is 0 Å². The zero-order valence-corrected chi connectivity index (χ0v) is 25.8. The molecule has 1 N–H and O–H groups in total. The lowest BCUT2D eigenvalue weighted by molar-refractivity contribution is -0.233. The van der Waals surface area contributed by atoms with Crippen LogP contribution < -0.4 is 5.32 Å². The predicted molar refractivity (Wildman–Crippen MR) is 153 cm³/mol. The molecule has 2 rings (SSSR count). The molecule has 0 saturated carbocycles. The first kappa shape index (κ1) is 31.8. The predicted octanol–water partition coefficient (Wildman–Crippen LogP) is 7.82. The van der Waals surface area contributed by atoms with Crippen LogP contribution in [0.4, 0.5) is 4.79 Å². The fraction of sp³-hybridized carbons (Fsp3) is 0.767. The molecular weight excluding hydrogens is 482 g/mol. The van der Waals surface area contributed by atoms with Crippen molar-refractivity contribution in [3.63, 3.8) is 0 Å². The van der Waals surface area contributed by atoms with Crippen molar-refractivity contribution in [2.24, 2.45) is 5.92 Å². The molecule has 1 heterocycles. The minimum Gasteiger partial charge on any atom is -0.444 e. The summed E-state index contributed by atoms with van der Waals surface area (Å²) in [4.78, 5) is 12.0. The van der Waals surface area contributed by atoms with Gasteiger partial charge in [0, 0.05) is 12.5 Å². The second kappa shape index (κ2) is 14.7. The van der Waals surface area contributed by atoms with Crippen LogP contribution in [0.25, 0.3) is 0 Å². The van der Waals surface area contributed by atoms with Crippen LogP contribution >= 0.6 is 0 Å². The quantitative estimate of drug-likeness (QED) is 0.206. The summed E-state index contributed by atoms with van der Waals surface area (Å²) in [6.45, 7) is 21.3. The highest BCUT2D eigenvalue weighted by Gasteiger charge is 2.46. The minimum absolute atomic E-state index is 0.0417. The standard InChI is InChI=1S/C30H53NO5Si/c1-22(2)37(23(3)4,24(5)6)34-21-27-18-17-26(16-13-19-31-29(32)36-30(7,8)9)28(35-27)33-20-25-14-11-10-12-15-25/h10-12,14-15,22-24,26-28H,13,16-21H2,1-9H3,(H,31,32)/t26-,27-,28-/m1/s1. The molecule has 0 radical (unpaired) electrons. The van der Waals surface area contributed by atoms with E-state index in [0.29, 0.717) is 36.4 Å². The van der Waals surface area contributed by atoms with Gasteiger partial charge in [0.15, 0.2) is 14.6 Å². The molecule has 0 aromatic heterocycles. The summed E-state index contributed by atoms with van der Waals surface area (Å²) in [7, 11) is -1.95. The van der Waals surface area contributed by atoms with E-state index in [4.69, 9.17) is 18.6 Å². The number of ether oxygens (including phenoxy) is 3. The summed E-state index contributed by atoms with van der Waals surface area (Å²) in [5.74, 6) is 0.280. The molecule has 1 fully saturated rings. The van der Waals surface area contributed by atoms with Gasteiger partial charge >= 0.3 is 6.09 Å². The van der Waals surface area contributed by atoms with Crippen molar-refractivity contribution in [3.8, 4) is 0 Å². The third-order valence-electron chi connectivity index (χ3n) is 7.47. The Morgan fingerprint density at radius 2 is 1.65 bits per heavy atom. The molecule has 1 aromatic rings. The number of hydrogen-bond donors (Lipinski definition) is 1. The van der Waals surface area contributed by atoms with Gasteiger partial charge in [0.25, 0.3) is 0 Å². The van der Waals surface area contributed by atoms with Crippen LogP contribution in [0.15, 0.2) is 30.3 Å². The SMILES string of the molecule is CC(C)[Si](OC[C@H]1CC[C@@H](CCCNC(=O)OC(C)(C)C)[C@H](OCc2ccccc2)O1)(C(C)C)C(C)C. The lowest BCUT2D eigenvalue weighted by atomic mass is 9.92. The van der Waals surface area contributed by atoms with E-state index in [0.717, 1.165) is 31.2 Å². The number of alkyl carbamates (subject to hydrolysis) is 1. The normalized spacial score (nSPS) is 21.0. The Hall–Kier alpha value is -1.41. The first-order chi connectivity index (χ1) is 17.3. The Morgan fingerprint density at radius 3 is 2.22 bits per heavy atom. The third-order valence-corrected chi connectivity index (χ3v) is 13.6. The van der Waals surface area contributed by atoms with Crippen LogP contribution in [0, 0.1) is 5.92 Å². The first-order valence-electron chi connectivity index (χ1n) is 14.3. The van der Waals surface area contributed by atoms with Crippen molar-refractivity contribution < 1.29 is 23.4 Å². The van der Waals surface area contributed by atoms with Crippen molar-refractivity contribution in [1.82, 2.24) is 5.32 Å². The summed E-state index contributed by atoms with van der Waals surface area (Å²) >= 11 is 0. The molecule has 1 aromatic carbocycles. The number of nitrogens with one attached hydrogen (secondary N) is 1. The van der Waals surface area contributed by atoms with Crippen molar-refractivity contribution >= 4 is 14.4 Å². The van der Waals surface area contributed by atoms with Crippen LogP contribution in [0.2, 0.25) is 16.6 Å². The maximum atomic E-state index is 12.0. The van der Waals surface area contributed by atoms with E-state index in [9.17, 15) is 4.79 Å². The maximum absolute atomic E-state index is 12.0. The van der Waals surface area contributed by atoms with Crippen molar-refractivity contribution in [1.29, 1.82) is 0 Å². The molecule has 1 aliphatic heterocycles. The lowest BCUT2D eigenvalue weighted by Crippen LogP contribution is -2.50. The molecule has 6 nitrogen and oxygen atoms in total. The second-order valence-corrected chi connectivity index (χ2v) is 17.9. The Bertz CT molecular complexity index is 771. The highest BCUT2D eigenvalue weighted by Crippen LogP contribution is 2.43. The molecule has 37 heavy (non-hydrogen) atoms. The summed E-state index contributed by atoms with van der Waals surface area (Å²) in [6.07, 6.45) is 3.16. The summed E-state index contributed by atoms with van der Waals surface area (Å²) < 4.78 is 25.1. The van der Waals surface area contributed by atoms with Gasteiger partial charge < -0.3 is 24.0 Å². The van der Waals surface area contributed by atoms with Crippen molar-refractivity contribution in [3.05, 3.63) is 35.9 Å². The number of carbonyl (C=O) groups excluding carboxylic acids is 1. The first-order valence-corrected chi connectivity index (χ1v) is 16.4. The average molecular weight is 536 g/mol. The molecule has 0 unspecified atom stereocenters. The number of amides is 1. The van der Waals surface area contributed by atoms with Gasteiger partial charge in [-0.15, -0.1) is 0 Å². The summed E-state index contributed by atoms with van der Waals surface area (Å²) in [6, 6.07) is 10.2. The summed E-state index contributed by atoms with van der Waals surface area (Å²) in [5.41, 5.74) is 2.29. The average Bonchev–Trinajstić information content (AvgIpc) is 2.80. The lowest BCUT2D eigenvalue weighted by Gasteiger charge is -2.44. The molecule has 3 atom stereocenters. The third kappa shape index (κ3) is 10.0. The smallest absolute Gasteiger partial charge is 0.407 e. The maximum Gasteiger partial charge on any atom is 0.407 e. The van der Waals surface area contributed by atoms with E-state index in [-0.39, 0.29) is 24.4 Å². The number of carbonyl (C=O) groups is 1. The molecule has 0 bridgehead atoms. The molecule has 7 heteroatoms. The Labute approximate surface area is 227 Å². The number of rotatable bonds is 13. The van der Waals surface area contributed by atoms with Crippen molar-refractivity contribution in [2.45, 2.75) is 129 Å². The molecule has 0 spiro atoms. The van der Waals surface area contributed by atoms with Gasteiger partial charge in [0.05, 0.1) is 19.3 Å². The highest BCUT2D eigenvalue weighted by molar-refractivity contribution is 6.77. The van der Waals surface area contributed by atoms with E-state index in [1.54, 1.807) is 0 Å². The zero-order chi connectivity index (χ0) is 27.6. The van der Waals surface area contributed by atoms with Gasteiger partial charge in [0.2, 0.25) is 0 Å². The topological polar surface area (TPSA) is 66.0 Å². The fourth-order valence-corrected chi connectivity index (χ4v) is 11.3. The molecule has 212 valence electrons. The van der Waals surface area contributed by atoms with Crippen LogP contribution in [0.1, 0.15) is 93.6 Å². The van der Waals surface area contributed by atoms with Crippen LogP contribution in [0.5, 0.6) is 0 Å². The van der Waals surface area contributed by atoms with E-state index < -0.39 is 13.9 Å². The van der Waals surface area contributed by atoms with Crippen LogP contribution in [-0.4, -0.2) is 45.6 Å². The minimum atomic E-state index is -1.95. The Morgan fingerprint density at radius 1 is 1.03 bits per heavy atom. The van der Waals surface area contributed by atoms with Gasteiger partial charge in [-0.1, -0.05) is 71.9 Å².